The first-order valence-electron chi connectivity index (χ1n) is 4.24. The summed E-state index contributed by atoms with van der Waals surface area (Å²) in [5.41, 5.74) is 2.96. The van der Waals surface area contributed by atoms with Crippen LogP contribution in [0.15, 0.2) is 24.3 Å². The molecule has 1 aromatic heterocycles. The Kier molecular flexibility index (Phi) is 1.69. The van der Waals surface area contributed by atoms with E-state index in [0.717, 1.165) is 22.2 Å². The number of hydrogen-bond acceptors (Lipinski definition) is 2. The SMILES string of the molecule is Cc1ccc2c(O)ccc(C)c2n1. The first-order chi connectivity index (χ1) is 6.18. The number of nitrogens with zero attached hydrogens (tertiary/aromatic N) is 1. The van der Waals surface area contributed by atoms with Crippen molar-refractivity contribution in [1.82, 2.24) is 4.98 Å². The number of fused-ring (bicyclic) bond motifs is 1. The maximum absolute atomic E-state index is 9.55. The highest BCUT2D eigenvalue weighted by molar-refractivity contribution is 5.87. The van der Waals surface area contributed by atoms with Gasteiger partial charge in [-0.3, -0.25) is 4.98 Å². The molecule has 1 aromatic carbocycles. The molecule has 0 atom stereocenters. The molecular weight excluding hydrogens is 162 g/mol. The standard InChI is InChI=1S/C11H11NO/c1-7-3-6-10(13)9-5-4-8(2)12-11(7)9/h3-6,13H,1-2H3. The van der Waals surface area contributed by atoms with Crippen molar-refractivity contribution in [1.29, 1.82) is 0 Å². The van der Waals surface area contributed by atoms with E-state index in [1.54, 1.807) is 6.07 Å². The maximum Gasteiger partial charge on any atom is 0.124 e. The third kappa shape index (κ3) is 1.24. The monoisotopic (exact) mass is 173 g/mol. The second-order valence-electron chi connectivity index (χ2n) is 3.25. The van der Waals surface area contributed by atoms with Crippen LogP contribution in [0.25, 0.3) is 10.9 Å². The van der Waals surface area contributed by atoms with E-state index >= 15 is 0 Å². The summed E-state index contributed by atoms with van der Waals surface area (Å²) in [5.74, 6) is 0.299. The average Bonchev–Trinajstić information content (AvgIpc) is 2.12. The van der Waals surface area contributed by atoms with Gasteiger partial charge in [-0.2, -0.15) is 0 Å². The van der Waals surface area contributed by atoms with Crippen molar-refractivity contribution in [2.24, 2.45) is 0 Å². The smallest absolute Gasteiger partial charge is 0.124 e. The number of phenols is 1. The molecular formula is C11H11NO. The van der Waals surface area contributed by atoms with Crippen LogP contribution in [-0.2, 0) is 0 Å². The first-order valence-corrected chi connectivity index (χ1v) is 4.24. The lowest BCUT2D eigenvalue weighted by atomic mass is 10.1. The lowest BCUT2D eigenvalue weighted by Gasteiger charge is -2.03. The van der Waals surface area contributed by atoms with Crippen LogP contribution in [0.4, 0.5) is 0 Å². The number of benzene rings is 1. The Morgan fingerprint density at radius 3 is 2.62 bits per heavy atom. The Balaban J connectivity index is 2.92. The molecule has 2 nitrogen and oxygen atoms in total. The Morgan fingerprint density at radius 1 is 1.08 bits per heavy atom. The van der Waals surface area contributed by atoms with Crippen LogP contribution in [0, 0.1) is 13.8 Å². The summed E-state index contributed by atoms with van der Waals surface area (Å²) in [6.07, 6.45) is 0. The van der Waals surface area contributed by atoms with Gasteiger partial charge in [0.1, 0.15) is 5.75 Å². The fraction of sp³-hybridized carbons (Fsp3) is 0.182. The summed E-state index contributed by atoms with van der Waals surface area (Å²) in [4.78, 5) is 4.38. The quantitative estimate of drug-likeness (QED) is 0.664. The number of aryl methyl sites for hydroxylation is 2. The summed E-state index contributed by atoms with van der Waals surface area (Å²) in [6, 6.07) is 7.39. The molecule has 0 amide bonds. The van der Waals surface area contributed by atoms with E-state index < -0.39 is 0 Å². The fourth-order valence-electron chi connectivity index (χ4n) is 1.44. The van der Waals surface area contributed by atoms with Crippen molar-refractivity contribution in [3.8, 4) is 5.75 Å². The zero-order valence-electron chi connectivity index (χ0n) is 7.70. The minimum absolute atomic E-state index is 0.299. The molecule has 0 aliphatic heterocycles. The normalized spacial score (nSPS) is 10.6. The van der Waals surface area contributed by atoms with Gasteiger partial charge in [-0.1, -0.05) is 6.07 Å². The zero-order valence-corrected chi connectivity index (χ0v) is 7.70. The Hall–Kier alpha value is -1.57. The molecule has 0 aliphatic rings. The first kappa shape index (κ1) is 8.05. The summed E-state index contributed by atoms with van der Waals surface area (Å²) in [6.45, 7) is 3.94. The highest BCUT2D eigenvalue weighted by Gasteiger charge is 2.02. The van der Waals surface area contributed by atoms with Crippen molar-refractivity contribution in [3.05, 3.63) is 35.5 Å². The van der Waals surface area contributed by atoms with Gasteiger partial charge in [0.05, 0.1) is 5.52 Å². The summed E-state index contributed by atoms with van der Waals surface area (Å²) in [7, 11) is 0. The molecule has 0 fully saturated rings. The maximum atomic E-state index is 9.55. The lowest BCUT2D eigenvalue weighted by Crippen LogP contribution is -1.86. The largest absolute Gasteiger partial charge is 0.507 e. The van der Waals surface area contributed by atoms with Crippen molar-refractivity contribution >= 4 is 10.9 Å². The summed E-state index contributed by atoms with van der Waals surface area (Å²) >= 11 is 0. The Bertz CT molecular complexity index is 463. The van der Waals surface area contributed by atoms with Gasteiger partial charge in [-0.25, -0.2) is 0 Å². The van der Waals surface area contributed by atoms with Gasteiger partial charge in [-0.05, 0) is 37.6 Å². The van der Waals surface area contributed by atoms with Crippen molar-refractivity contribution < 1.29 is 5.11 Å². The van der Waals surface area contributed by atoms with Gasteiger partial charge < -0.3 is 5.11 Å². The van der Waals surface area contributed by atoms with Crippen molar-refractivity contribution in [2.45, 2.75) is 13.8 Å². The molecule has 0 saturated heterocycles. The van der Waals surface area contributed by atoms with Crippen LogP contribution in [-0.4, -0.2) is 10.1 Å². The number of rotatable bonds is 0. The number of hydrogen-bond donors (Lipinski definition) is 1. The Labute approximate surface area is 76.9 Å². The second kappa shape index (κ2) is 2.73. The highest BCUT2D eigenvalue weighted by atomic mass is 16.3. The van der Waals surface area contributed by atoms with Crippen LogP contribution < -0.4 is 0 Å². The topological polar surface area (TPSA) is 33.1 Å². The van der Waals surface area contributed by atoms with Crippen LogP contribution >= 0.6 is 0 Å². The summed E-state index contributed by atoms with van der Waals surface area (Å²) in [5, 5.41) is 10.4. The van der Waals surface area contributed by atoms with E-state index in [1.807, 2.05) is 32.0 Å². The lowest BCUT2D eigenvalue weighted by molar-refractivity contribution is 0.481. The third-order valence-electron chi connectivity index (χ3n) is 2.18. The molecule has 1 heterocycles. The molecule has 0 bridgehead atoms. The van der Waals surface area contributed by atoms with E-state index in [-0.39, 0.29) is 0 Å². The molecule has 2 rings (SSSR count). The Morgan fingerprint density at radius 2 is 1.85 bits per heavy atom. The van der Waals surface area contributed by atoms with Crippen molar-refractivity contribution in [3.63, 3.8) is 0 Å². The van der Waals surface area contributed by atoms with Gasteiger partial charge in [0.2, 0.25) is 0 Å². The second-order valence-corrected chi connectivity index (χ2v) is 3.25. The predicted molar refractivity (Wildman–Crippen MR) is 52.9 cm³/mol. The zero-order chi connectivity index (χ0) is 9.42. The highest BCUT2D eigenvalue weighted by Crippen LogP contribution is 2.25. The van der Waals surface area contributed by atoms with Gasteiger partial charge in [0, 0.05) is 11.1 Å². The molecule has 0 spiro atoms. The average molecular weight is 173 g/mol. The molecule has 2 heteroatoms. The van der Waals surface area contributed by atoms with E-state index in [0.29, 0.717) is 5.75 Å². The van der Waals surface area contributed by atoms with E-state index in [1.165, 1.54) is 0 Å². The molecule has 13 heavy (non-hydrogen) atoms. The number of pyridine rings is 1. The molecule has 0 radical (unpaired) electrons. The molecule has 0 saturated carbocycles. The molecule has 2 aromatic rings. The molecule has 66 valence electrons. The van der Waals surface area contributed by atoms with Gasteiger partial charge >= 0.3 is 0 Å². The van der Waals surface area contributed by atoms with Crippen LogP contribution in [0.1, 0.15) is 11.3 Å². The number of phenolic OH excluding ortho intramolecular Hbond substituents is 1. The molecule has 0 unspecified atom stereocenters. The van der Waals surface area contributed by atoms with Crippen LogP contribution in [0.5, 0.6) is 5.75 Å². The predicted octanol–water partition coefficient (Wildman–Crippen LogP) is 2.56. The molecule has 0 aliphatic carbocycles. The van der Waals surface area contributed by atoms with E-state index in [9.17, 15) is 5.11 Å². The van der Waals surface area contributed by atoms with Gasteiger partial charge in [0.15, 0.2) is 0 Å². The third-order valence-corrected chi connectivity index (χ3v) is 2.18. The number of aromatic nitrogens is 1. The molecule has 1 N–H and O–H groups in total. The van der Waals surface area contributed by atoms with E-state index in [4.69, 9.17) is 0 Å². The fourth-order valence-corrected chi connectivity index (χ4v) is 1.44. The van der Waals surface area contributed by atoms with E-state index in [2.05, 4.69) is 4.98 Å². The van der Waals surface area contributed by atoms with Crippen LogP contribution in [0.2, 0.25) is 0 Å². The van der Waals surface area contributed by atoms with Crippen molar-refractivity contribution in [2.75, 3.05) is 0 Å². The van der Waals surface area contributed by atoms with Crippen LogP contribution in [0.3, 0.4) is 0 Å². The van der Waals surface area contributed by atoms with Gasteiger partial charge in [-0.15, -0.1) is 0 Å². The minimum atomic E-state index is 0.299. The minimum Gasteiger partial charge on any atom is -0.507 e. The number of aromatic hydroxyl groups is 1. The van der Waals surface area contributed by atoms with Gasteiger partial charge in [0.25, 0.3) is 0 Å². The summed E-state index contributed by atoms with van der Waals surface area (Å²) < 4.78 is 0.